The third-order valence-electron chi connectivity index (χ3n) is 2.83. The van der Waals surface area contributed by atoms with E-state index in [0.717, 1.165) is 6.54 Å². The zero-order valence-electron chi connectivity index (χ0n) is 10.5. The van der Waals surface area contributed by atoms with Crippen LogP contribution in [0.15, 0.2) is 18.2 Å². The minimum absolute atomic E-state index is 0.0953. The molecular formula is C14H20N2. The van der Waals surface area contributed by atoms with Crippen LogP contribution >= 0.6 is 0 Å². The minimum Gasteiger partial charge on any atom is -0.298 e. The second kappa shape index (κ2) is 5.67. The average molecular weight is 216 g/mol. The highest BCUT2D eigenvalue weighted by atomic mass is 14.9. The highest BCUT2D eigenvalue weighted by Gasteiger charge is 2.05. The van der Waals surface area contributed by atoms with Gasteiger partial charge in [0.15, 0.2) is 0 Å². The van der Waals surface area contributed by atoms with E-state index in [9.17, 15) is 0 Å². The van der Waals surface area contributed by atoms with E-state index < -0.39 is 0 Å². The summed E-state index contributed by atoms with van der Waals surface area (Å²) in [5.41, 5.74) is 3.92. The van der Waals surface area contributed by atoms with Crippen molar-refractivity contribution in [3.8, 4) is 6.07 Å². The Morgan fingerprint density at radius 2 is 2.00 bits per heavy atom. The Morgan fingerprint density at radius 3 is 2.56 bits per heavy atom. The largest absolute Gasteiger partial charge is 0.298 e. The van der Waals surface area contributed by atoms with E-state index in [-0.39, 0.29) is 6.04 Å². The molecule has 1 unspecified atom stereocenters. The maximum Gasteiger partial charge on any atom is 0.0927 e. The van der Waals surface area contributed by atoms with E-state index in [4.69, 9.17) is 5.26 Å². The average Bonchev–Trinajstić information content (AvgIpc) is 2.27. The molecule has 2 heteroatoms. The van der Waals surface area contributed by atoms with Crippen molar-refractivity contribution in [2.24, 2.45) is 0 Å². The summed E-state index contributed by atoms with van der Waals surface area (Å²) in [6.07, 6.45) is 0. The van der Waals surface area contributed by atoms with Gasteiger partial charge in [0, 0.05) is 6.54 Å². The van der Waals surface area contributed by atoms with Crippen LogP contribution in [-0.4, -0.2) is 6.04 Å². The Morgan fingerprint density at radius 1 is 1.31 bits per heavy atom. The van der Waals surface area contributed by atoms with Gasteiger partial charge in [-0.15, -0.1) is 0 Å². The molecule has 0 spiro atoms. The van der Waals surface area contributed by atoms with Gasteiger partial charge in [0.2, 0.25) is 0 Å². The van der Waals surface area contributed by atoms with Crippen molar-refractivity contribution in [2.45, 2.75) is 46.2 Å². The Hall–Kier alpha value is -1.33. The number of nitriles is 1. The number of rotatable bonds is 4. The molecule has 0 saturated heterocycles. The van der Waals surface area contributed by atoms with Gasteiger partial charge in [-0.05, 0) is 36.5 Å². The SMILES string of the molecule is Cc1ccc(C(C)C)cc1CNC(C)C#N. The molecule has 1 aromatic carbocycles. The first-order chi connectivity index (χ1) is 7.54. The molecule has 0 heterocycles. The molecule has 0 amide bonds. The van der Waals surface area contributed by atoms with Crippen molar-refractivity contribution in [3.05, 3.63) is 34.9 Å². The minimum atomic E-state index is -0.0953. The standard InChI is InChI=1S/C14H20N2/c1-10(2)13-6-5-11(3)14(7-13)9-16-12(4)8-15/h5-7,10,12,16H,9H2,1-4H3. The van der Waals surface area contributed by atoms with Crippen LogP contribution in [-0.2, 0) is 6.54 Å². The molecule has 1 aromatic rings. The monoisotopic (exact) mass is 216 g/mol. The van der Waals surface area contributed by atoms with E-state index in [0.29, 0.717) is 5.92 Å². The van der Waals surface area contributed by atoms with Gasteiger partial charge in [-0.3, -0.25) is 5.32 Å². The van der Waals surface area contributed by atoms with E-state index in [1.54, 1.807) is 0 Å². The van der Waals surface area contributed by atoms with Crippen molar-refractivity contribution in [1.82, 2.24) is 5.32 Å². The lowest BCUT2D eigenvalue weighted by atomic mass is 9.98. The van der Waals surface area contributed by atoms with Crippen LogP contribution < -0.4 is 5.32 Å². The fraction of sp³-hybridized carbons (Fsp3) is 0.500. The third kappa shape index (κ3) is 3.36. The molecular weight excluding hydrogens is 196 g/mol. The molecule has 1 N–H and O–H groups in total. The number of hydrogen-bond acceptors (Lipinski definition) is 2. The van der Waals surface area contributed by atoms with Gasteiger partial charge in [-0.1, -0.05) is 32.0 Å². The first kappa shape index (κ1) is 12.7. The van der Waals surface area contributed by atoms with Gasteiger partial charge in [-0.2, -0.15) is 5.26 Å². The molecule has 0 aliphatic rings. The highest BCUT2D eigenvalue weighted by molar-refractivity contribution is 5.32. The summed E-state index contributed by atoms with van der Waals surface area (Å²) >= 11 is 0. The summed E-state index contributed by atoms with van der Waals surface area (Å²) in [5.74, 6) is 0.549. The van der Waals surface area contributed by atoms with Crippen molar-refractivity contribution in [3.63, 3.8) is 0 Å². The van der Waals surface area contributed by atoms with Gasteiger partial charge in [-0.25, -0.2) is 0 Å². The highest BCUT2D eigenvalue weighted by Crippen LogP contribution is 2.18. The number of nitrogens with one attached hydrogen (secondary N) is 1. The fourth-order valence-electron chi connectivity index (χ4n) is 1.55. The summed E-state index contributed by atoms with van der Waals surface area (Å²) in [5, 5.41) is 11.9. The van der Waals surface area contributed by atoms with Gasteiger partial charge in [0.1, 0.15) is 0 Å². The second-order valence-electron chi connectivity index (χ2n) is 4.57. The summed E-state index contributed by atoms with van der Waals surface area (Å²) in [6, 6.07) is 8.65. The van der Waals surface area contributed by atoms with Crippen LogP contribution in [0.5, 0.6) is 0 Å². The molecule has 86 valence electrons. The van der Waals surface area contributed by atoms with Crippen molar-refractivity contribution >= 4 is 0 Å². The molecule has 0 aliphatic carbocycles. The van der Waals surface area contributed by atoms with Crippen LogP contribution in [0.25, 0.3) is 0 Å². The molecule has 0 saturated carbocycles. The molecule has 16 heavy (non-hydrogen) atoms. The van der Waals surface area contributed by atoms with Crippen LogP contribution in [0, 0.1) is 18.3 Å². The molecule has 0 bridgehead atoms. The topological polar surface area (TPSA) is 35.8 Å². The second-order valence-corrected chi connectivity index (χ2v) is 4.57. The third-order valence-corrected chi connectivity index (χ3v) is 2.83. The first-order valence-corrected chi connectivity index (χ1v) is 5.77. The Labute approximate surface area is 98.3 Å². The van der Waals surface area contributed by atoms with E-state index in [1.165, 1.54) is 16.7 Å². The molecule has 0 radical (unpaired) electrons. The Bertz CT molecular complexity index is 388. The Kier molecular flexibility index (Phi) is 4.52. The number of benzene rings is 1. The first-order valence-electron chi connectivity index (χ1n) is 5.77. The number of hydrogen-bond donors (Lipinski definition) is 1. The van der Waals surface area contributed by atoms with Gasteiger partial charge in [0.25, 0.3) is 0 Å². The van der Waals surface area contributed by atoms with Crippen molar-refractivity contribution in [1.29, 1.82) is 5.26 Å². The zero-order valence-corrected chi connectivity index (χ0v) is 10.5. The molecule has 0 fully saturated rings. The van der Waals surface area contributed by atoms with Gasteiger partial charge < -0.3 is 0 Å². The van der Waals surface area contributed by atoms with Crippen molar-refractivity contribution in [2.75, 3.05) is 0 Å². The summed E-state index contributed by atoms with van der Waals surface area (Å²) in [7, 11) is 0. The number of aryl methyl sites for hydroxylation is 1. The van der Waals surface area contributed by atoms with Crippen LogP contribution in [0.4, 0.5) is 0 Å². The van der Waals surface area contributed by atoms with Gasteiger partial charge >= 0.3 is 0 Å². The molecule has 1 atom stereocenters. The smallest absolute Gasteiger partial charge is 0.0927 e. The van der Waals surface area contributed by atoms with Crippen LogP contribution in [0.3, 0.4) is 0 Å². The maximum absolute atomic E-state index is 8.71. The van der Waals surface area contributed by atoms with Crippen LogP contribution in [0.2, 0.25) is 0 Å². The molecule has 1 rings (SSSR count). The van der Waals surface area contributed by atoms with Crippen molar-refractivity contribution < 1.29 is 0 Å². The lowest BCUT2D eigenvalue weighted by Gasteiger charge is -2.12. The Balaban J connectivity index is 2.79. The molecule has 0 aromatic heterocycles. The number of nitrogens with zero attached hydrogens (tertiary/aromatic N) is 1. The van der Waals surface area contributed by atoms with E-state index in [2.05, 4.69) is 50.4 Å². The summed E-state index contributed by atoms with van der Waals surface area (Å²) in [4.78, 5) is 0. The lowest BCUT2D eigenvalue weighted by Crippen LogP contribution is -2.24. The molecule has 0 aliphatic heterocycles. The quantitative estimate of drug-likeness (QED) is 0.839. The maximum atomic E-state index is 8.71. The molecule has 2 nitrogen and oxygen atoms in total. The lowest BCUT2D eigenvalue weighted by molar-refractivity contribution is 0.639. The summed E-state index contributed by atoms with van der Waals surface area (Å²) < 4.78 is 0. The van der Waals surface area contributed by atoms with Gasteiger partial charge in [0.05, 0.1) is 12.1 Å². The predicted molar refractivity (Wildman–Crippen MR) is 67.2 cm³/mol. The zero-order chi connectivity index (χ0) is 12.1. The van der Waals surface area contributed by atoms with Crippen LogP contribution in [0.1, 0.15) is 43.4 Å². The van der Waals surface area contributed by atoms with E-state index in [1.807, 2.05) is 6.92 Å². The summed E-state index contributed by atoms with van der Waals surface area (Å²) in [6.45, 7) is 9.14. The fourth-order valence-corrected chi connectivity index (χ4v) is 1.55. The normalized spacial score (nSPS) is 12.5. The predicted octanol–water partition coefficient (Wildman–Crippen LogP) is 3.12. The van der Waals surface area contributed by atoms with E-state index >= 15 is 0 Å².